The summed E-state index contributed by atoms with van der Waals surface area (Å²) in [6, 6.07) is 28.8. The lowest BCUT2D eigenvalue weighted by molar-refractivity contribution is -0.941. The van der Waals surface area contributed by atoms with E-state index < -0.39 is 114 Å². The number of methoxy groups -OCH3 is 1. The number of nitrogens with zero attached hydrogens (tertiary/aromatic N) is 3. The molecule has 0 radical (unpaired) electrons. The SMILES string of the molecule is CC[C@H](C)[C@H](CC(=O)[C@H]1CCCC[N+]1(C)Cc1ccc(CC(=O)[C@H](CCC(=O)O)NC(=O)[C@@H](CC(=O)[C@H](CCCCNC(=O)CCOCCOCCOCCOCCOCCOCCOCCOCCOCCOCCOCCOC)NC(=O)OCC2c3ccccc3-c3ccccc32)C(C)C)cc1)C(=O)N(C)[C@H](C[C@@H](OC(C)=O)c1nc(C(=O)N[C@@H](Cc2ccccc2)C[C@H](C)C(=O)O)cs1)C(C)C. The molecule has 35 heteroatoms. The molecule has 140 heavy (non-hydrogen) atoms. The number of likely N-dealkylation sites (tertiary alicyclic amines) is 1. The monoisotopic (exact) mass is 1980 g/mol. The van der Waals surface area contributed by atoms with Crippen LogP contribution in [0.2, 0.25) is 0 Å². The number of thiazole rings is 1. The molecule has 2 heterocycles. The molecule has 0 spiro atoms. The van der Waals surface area contributed by atoms with Crippen LogP contribution < -0.4 is 21.3 Å². The summed E-state index contributed by atoms with van der Waals surface area (Å²) in [5.41, 5.74) is 6.55. The molecule has 7 rings (SSSR count). The Morgan fingerprint density at radius 3 is 1.57 bits per heavy atom. The van der Waals surface area contributed by atoms with E-state index in [0.717, 1.165) is 57.6 Å². The van der Waals surface area contributed by atoms with Crippen molar-refractivity contribution in [2.45, 2.75) is 207 Å². The van der Waals surface area contributed by atoms with Crippen molar-refractivity contribution in [1.82, 2.24) is 31.2 Å². The highest BCUT2D eigenvalue weighted by Crippen LogP contribution is 2.45. The standard InChI is InChI=1S/C105H155N7O27S/c1-12-75(6)87(103(122)111(9)92(74(4)5)69-97(139-77(8)113)102-109-91(72-140-102)101(121)107-81(64-76(7)104(123)124)65-78-24-14-13-15-25-78)68-96(116)93-31-21-23-40-112(93,10)70-80-34-32-79(33-35-80)66-94(114)90(36-37-99(118)119)108-100(120)86(73(2)3)67-95(115)89(110-105(125)138-71-88-84-28-18-16-26-82(84)83-27-17-19-29-85(83)88)30-20-22-39-106-98(117)38-41-127-44-45-129-48-49-131-52-53-133-56-57-135-60-61-137-63-62-136-59-58-134-55-54-132-51-50-130-47-46-128-43-42-126-11/h13-19,24-29,32-35,72-76,81,86-90,92-93,97H,12,20-23,30-31,36-71H2,1-11H3,(H5-,106,107,108,110,117,118,119,120,121,123,124,125)/p+1/t75-,76-,81+,86-,87-,89-,90-,92+,93+,97+,112?/m0/s1. The number of esters is 1. The Morgan fingerprint density at radius 1 is 0.550 bits per heavy atom. The number of aliphatic carboxylic acids is 2. The molecule has 778 valence electrons. The summed E-state index contributed by atoms with van der Waals surface area (Å²) < 4.78 is 78.0. The minimum atomic E-state index is -1.25. The molecule has 0 bridgehead atoms. The second-order valence-corrected chi connectivity index (χ2v) is 37.7. The van der Waals surface area contributed by atoms with E-state index in [1.165, 1.54) is 6.92 Å². The summed E-state index contributed by atoms with van der Waals surface area (Å²) in [6.45, 7) is 25.5. The molecule has 5 aromatic rings. The number of aromatic nitrogens is 1. The van der Waals surface area contributed by atoms with Crippen molar-refractivity contribution in [2.24, 2.45) is 35.5 Å². The quantitative estimate of drug-likeness (QED) is 0.0120. The zero-order valence-electron chi connectivity index (χ0n) is 84.2. The highest BCUT2D eigenvalue weighted by Gasteiger charge is 2.45. The zero-order chi connectivity index (χ0) is 101. The van der Waals surface area contributed by atoms with E-state index in [4.69, 9.17) is 66.3 Å². The molecule has 2 aliphatic rings. The molecule has 1 unspecified atom stereocenters. The summed E-state index contributed by atoms with van der Waals surface area (Å²) in [7, 11) is 5.41. The molecule has 1 saturated heterocycles. The van der Waals surface area contributed by atoms with Crippen LogP contribution in [-0.4, -0.2) is 313 Å². The molecule has 0 saturated carbocycles. The van der Waals surface area contributed by atoms with Crippen molar-refractivity contribution >= 4 is 76.3 Å². The maximum absolute atomic E-state index is 15.2. The summed E-state index contributed by atoms with van der Waals surface area (Å²) in [6.07, 6.45) is 1.65. The van der Waals surface area contributed by atoms with Crippen LogP contribution >= 0.6 is 11.3 Å². The number of likely N-dealkylation sites (N-methyl/N-ethyl adjacent to an activating group) is 1. The molecular formula is C105H156N7O27S+. The Labute approximate surface area is 830 Å². The van der Waals surface area contributed by atoms with Gasteiger partial charge in [-0.3, -0.25) is 47.9 Å². The fraction of sp³-hybridized carbons (Fsp3) is 0.638. The first-order valence-electron chi connectivity index (χ1n) is 49.7. The number of amides is 5. The fourth-order valence-electron chi connectivity index (χ4n) is 17.3. The van der Waals surface area contributed by atoms with Crippen molar-refractivity contribution in [3.8, 4) is 11.1 Å². The Hall–Kier alpha value is -9.44. The largest absolute Gasteiger partial charge is 0.481 e. The van der Waals surface area contributed by atoms with Gasteiger partial charge in [-0.25, -0.2) is 9.78 Å². The number of alkyl carbamates (subject to hydrolysis) is 1. The van der Waals surface area contributed by atoms with Crippen LogP contribution in [0.25, 0.3) is 11.1 Å². The van der Waals surface area contributed by atoms with Gasteiger partial charge in [-0.1, -0.05) is 158 Å². The lowest BCUT2D eigenvalue weighted by Gasteiger charge is -2.44. The lowest BCUT2D eigenvalue weighted by Crippen LogP contribution is -2.58. The first-order chi connectivity index (χ1) is 67.5. The Bertz CT molecular complexity index is 4460. The van der Waals surface area contributed by atoms with Crippen molar-refractivity contribution in [1.29, 1.82) is 0 Å². The van der Waals surface area contributed by atoms with Crippen molar-refractivity contribution in [3.05, 3.63) is 147 Å². The second-order valence-electron chi connectivity index (χ2n) is 36.9. The van der Waals surface area contributed by atoms with Crippen LogP contribution in [-0.2, 0) is 129 Å². The molecular weight excluding hydrogens is 1820 g/mol. The van der Waals surface area contributed by atoms with Gasteiger partial charge in [0.25, 0.3) is 5.91 Å². The van der Waals surface area contributed by atoms with E-state index in [2.05, 4.69) is 33.3 Å². The number of carbonyl (C=O) groups excluding carboxylic acids is 9. The minimum absolute atomic E-state index is 0.00598. The first kappa shape index (κ1) is 118. The Balaban J connectivity index is 0.847. The second kappa shape index (κ2) is 66.4. The molecule has 5 amide bonds. The fourth-order valence-corrected chi connectivity index (χ4v) is 18.2. The summed E-state index contributed by atoms with van der Waals surface area (Å²) in [4.78, 5) is 158. The number of hydrogen-bond donors (Lipinski definition) is 6. The molecule has 1 aliphatic heterocycles. The Kier molecular flexibility index (Phi) is 55.7. The molecule has 1 fully saturated rings. The van der Waals surface area contributed by atoms with Gasteiger partial charge in [0, 0.05) is 113 Å². The third kappa shape index (κ3) is 43.4. The van der Waals surface area contributed by atoms with Gasteiger partial charge >= 0.3 is 24.0 Å². The smallest absolute Gasteiger partial charge is 0.407 e. The Morgan fingerprint density at radius 2 is 1.06 bits per heavy atom. The van der Waals surface area contributed by atoms with E-state index in [-0.39, 0.29) is 119 Å². The zero-order valence-corrected chi connectivity index (χ0v) is 85.0. The summed E-state index contributed by atoms with van der Waals surface area (Å²) in [5.74, 6) is -8.84. The van der Waals surface area contributed by atoms with E-state index >= 15 is 9.59 Å². The molecule has 11 atom stereocenters. The van der Waals surface area contributed by atoms with Crippen LogP contribution in [0.15, 0.2) is 109 Å². The van der Waals surface area contributed by atoms with E-state index in [1.807, 2.05) is 131 Å². The van der Waals surface area contributed by atoms with Gasteiger partial charge in [-0.05, 0) is 103 Å². The molecule has 4 aromatic carbocycles. The average molecular weight is 1980 g/mol. The molecule has 1 aromatic heterocycles. The predicted octanol–water partition coefficient (Wildman–Crippen LogP) is 12.0. The van der Waals surface area contributed by atoms with Gasteiger partial charge < -0.3 is 107 Å². The number of carboxylic acids is 2. The highest BCUT2D eigenvalue weighted by atomic mass is 32.1. The van der Waals surface area contributed by atoms with Crippen molar-refractivity contribution in [3.63, 3.8) is 0 Å². The van der Waals surface area contributed by atoms with E-state index in [1.54, 1.807) is 45.2 Å². The number of Topliss-reactive ketones (excluding diaryl/α,β-unsaturated/α-hetero) is 3. The number of benzene rings is 4. The normalized spacial score (nSPS) is 16.1. The number of fused-ring (bicyclic) bond motifs is 3. The maximum atomic E-state index is 15.2. The predicted molar refractivity (Wildman–Crippen MR) is 527 cm³/mol. The van der Waals surface area contributed by atoms with Crippen LogP contribution in [0.4, 0.5) is 4.79 Å². The van der Waals surface area contributed by atoms with Crippen molar-refractivity contribution in [2.75, 3.05) is 193 Å². The van der Waals surface area contributed by atoms with Gasteiger partial charge in [0.1, 0.15) is 29.9 Å². The van der Waals surface area contributed by atoms with E-state index in [9.17, 15) is 53.4 Å². The van der Waals surface area contributed by atoms with Gasteiger partial charge in [0.2, 0.25) is 17.7 Å². The van der Waals surface area contributed by atoms with Crippen LogP contribution in [0.5, 0.6) is 0 Å². The van der Waals surface area contributed by atoms with E-state index in [0.29, 0.717) is 199 Å². The third-order valence-corrected chi connectivity index (χ3v) is 26.4. The third-order valence-electron chi connectivity index (χ3n) is 25.5. The first-order valence-corrected chi connectivity index (χ1v) is 50.6. The summed E-state index contributed by atoms with van der Waals surface area (Å²) >= 11 is 1.14. The number of rotatable bonds is 77. The average Bonchev–Trinajstić information content (AvgIpc) is 1.61. The number of hydrogen-bond acceptors (Lipinski definition) is 27. The van der Waals surface area contributed by atoms with Crippen LogP contribution in [0.3, 0.4) is 0 Å². The lowest BCUT2D eigenvalue weighted by atomic mass is 9.82. The number of quaternary nitrogens is 1. The van der Waals surface area contributed by atoms with Gasteiger partial charge in [0.05, 0.1) is 184 Å². The summed E-state index contributed by atoms with van der Waals surface area (Å²) in [5, 5.41) is 33.1. The molecule has 6 N–H and O–H groups in total. The van der Waals surface area contributed by atoms with Crippen LogP contribution in [0.1, 0.15) is 201 Å². The number of nitrogens with one attached hydrogen (secondary N) is 4. The number of carbonyl (C=O) groups is 11. The topological polar surface area (TPSA) is 422 Å². The van der Waals surface area contributed by atoms with Gasteiger partial charge in [-0.2, -0.15) is 0 Å². The maximum Gasteiger partial charge on any atom is 0.407 e. The molecule has 34 nitrogen and oxygen atoms in total. The minimum Gasteiger partial charge on any atom is -0.481 e. The van der Waals surface area contributed by atoms with Gasteiger partial charge in [0.15, 0.2) is 23.5 Å². The number of unbranched alkanes of at least 4 members (excludes halogenated alkanes) is 1. The number of ether oxygens (including phenoxy) is 14. The highest BCUT2D eigenvalue weighted by molar-refractivity contribution is 7.09. The van der Waals surface area contributed by atoms with Crippen LogP contribution in [0, 0.1) is 35.5 Å². The number of piperidine rings is 1. The molecule has 1 aliphatic carbocycles. The number of carboxylic acid groups (broad SMARTS) is 2. The van der Waals surface area contributed by atoms with Crippen molar-refractivity contribution < 1.29 is 134 Å². The number of ketones is 3. The van der Waals surface area contributed by atoms with Gasteiger partial charge in [-0.15, -0.1) is 11.3 Å².